The molecule has 10 nitrogen and oxygen atoms in total. The van der Waals surface area contributed by atoms with Gasteiger partial charge in [0.15, 0.2) is 0 Å². The smallest absolute Gasteiger partial charge is 0.459 e. The van der Waals surface area contributed by atoms with E-state index >= 15 is 0 Å². The molecule has 1 aromatic rings. The number of nitrogens with zero attached hydrogens (tertiary/aromatic N) is 1. The van der Waals surface area contributed by atoms with Crippen molar-refractivity contribution in [2.45, 2.75) is 65.0 Å². The lowest BCUT2D eigenvalue weighted by Crippen LogP contribution is -2.37. The van der Waals surface area contributed by atoms with E-state index < -0.39 is 31.8 Å². The average Bonchev–Trinajstić information content (AvgIpc) is 3.18. The molecule has 1 unspecified atom stereocenters. The fourth-order valence-electron chi connectivity index (χ4n) is 3.68. The molecule has 0 spiro atoms. The van der Waals surface area contributed by atoms with Crippen molar-refractivity contribution in [3.63, 3.8) is 0 Å². The second-order valence-electron chi connectivity index (χ2n) is 8.93. The molecule has 2 aliphatic rings. The van der Waals surface area contributed by atoms with Crippen molar-refractivity contribution in [1.29, 1.82) is 0 Å². The van der Waals surface area contributed by atoms with E-state index in [1.54, 1.807) is 50.4 Å². The molecule has 1 aromatic carbocycles. The summed E-state index contributed by atoms with van der Waals surface area (Å²) in [6.45, 7) is 6.96. The predicted molar refractivity (Wildman–Crippen MR) is 130 cm³/mol. The van der Waals surface area contributed by atoms with Crippen LogP contribution in [0.5, 0.6) is 5.75 Å². The number of nitrogens with two attached hydrogens (primary N) is 1. The van der Waals surface area contributed by atoms with E-state index in [0.29, 0.717) is 24.2 Å². The van der Waals surface area contributed by atoms with E-state index in [2.05, 4.69) is 5.09 Å². The highest BCUT2D eigenvalue weighted by Gasteiger charge is 2.39. The van der Waals surface area contributed by atoms with Gasteiger partial charge in [0.2, 0.25) is 5.91 Å². The number of allylic oxidation sites excluding steroid dienone is 1. The molecule has 2 aliphatic heterocycles. The summed E-state index contributed by atoms with van der Waals surface area (Å²) in [6.07, 6.45) is 5.48. The highest BCUT2D eigenvalue weighted by molar-refractivity contribution is 7.52. The molecule has 5 atom stereocenters. The number of para-hydroxylation sites is 1. The lowest BCUT2D eigenvalue weighted by molar-refractivity contribution is -0.149. The van der Waals surface area contributed by atoms with Gasteiger partial charge in [-0.15, -0.1) is 0 Å². The first-order chi connectivity index (χ1) is 16.6. The van der Waals surface area contributed by atoms with Crippen LogP contribution in [-0.4, -0.2) is 47.9 Å². The summed E-state index contributed by atoms with van der Waals surface area (Å²) in [5.74, 6) is -0.650. The van der Waals surface area contributed by atoms with Gasteiger partial charge in [-0.3, -0.25) is 14.1 Å². The molecule has 2 heterocycles. The van der Waals surface area contributed by atoms with Crippen LogP contribution in [0.3, 0.4) is 0 Å². The molecule has 0 aliphatic carbocycles. The van der Waals surface area contributed by atoms with Crippen LogP contribution in [0.25, 0.3) is 0 Å². The van der Waals surface area contributed by atoms with Crippen LogP contribution in [0.2, 0.25) is 0 Å². The SMILES string of the molecule is CC(C)OC(=O)[C@H](C)NP(=O)(OC[C@H]1O[C@@H](N2C=CCC(C(N)=O)=C2)C[C@@H]1C)Oc1ccccc1. The van der Waals surface area contributed by atoms with Crippen LogP contribution < -0.4 is 15.3 Å². The standard InChI is InChI=1S/C24H34N3O7P/c1-16(2)32-24(29)18(4)26-35(30,34-20-10-6-5-7-11-20)31-15-21-17(3)13-22(33-21)27-12-8-9-19(14-27)23(25)28/h5-8,10-12,14,16-18,21-22H,9,13,15H2,1-4H3,(H2,25,28)(H,26,30)/t17-,18-,21+,22+,35?/m0/s1. The first kappa shape index (κ1) is 26.9. The number of hydrogen-bond acceptors (Lipinski definition) is 8. The van der Waals surface area contributed by atoms with Gasteiger partial charge < -0.3 is 24.6 Å². The molecule has 0 radical (unpaired) electrons. The van der Waals surface area contributed by atoms with Crippen molar-refractivity contribution < 1.29 is 32.7 Å². The van der Waals surface area contributed by atoms with Gasteiger partial charge in [0, 0.05) is 18.0 Å². The molecule has 11 heteroatoms. The van der Waals surface area contributed by atoms with Crippen LogP contribution in [0.15, 0.2) is 54.4 Å². The van der Waals surface area contributed by atoms with Gasteiger partial charge in [0.25, 0.3) is 0 Å². The first-order valence-corrected chi connectivity index (χ1v) is 13.2. The number of primary amides is 1. The molecule has 3 rings (SSSR count). The number of rotatable bonds is 11. The van der Waals surface area contributed by atoms with Crippen molar-refractivity contribution in [3.05, 3.63) is 54.4 Å². The van der Waals surface area contributed by atoms with Crippen LogP contribution in [0.4, 0.5) is 0 Å². The predicted octanol–water partition coefficient (Wildman–Crippen LogP) is 3.46. The number of ether oxygens (including phenoxy) is 2. The lowest BCUT2D eigenvalue weighted by Gasteiger charge is -2.27. The summed E-state index contributed by atoms with van der Waals surface area (Å²) in [4.78, 5) is 25.7. The van der Waals surface area contributed by atoms with E-state index in [1.807, 2.05) is 24.1 Å². The van der Waals surface area contributed by atoms with Gasteiger partial charge in [0.1, 0.15) is 18.0 Å². The summed E-state index contributed by atoms with van der Waals surface area (Å²) in [7, 11) is -3.98. The number of esters is 1. The van der Waals surface area contributed by atoms with E-state index in [4.69, 9.17) is 24.3 Å². The lowest BCUT2D eigenvalue weighted by atomic mass is 10.0. The topological polar surface area (TPSA) is 129 Å². The highest BCUT2D eigenvalue weighted by atomic mass is 31.2. The van der Waals surface area contributed by atoms with Gasteiger partial charge in [-0.1, -0.05) is 31.2 Å². The van der Waals surface area contributed by atoms with Gasteiger partial charge in [0.05, 0.1) is 18.8 Å². The van der Waals surface area contributed by atoms with Crippen molar-refractivity contribution >= 4 is 19.6 Å². The molecule has 1 fully saturated rings. The summed E-state index contributed by atoms with van der Waals surface area (Å²) >= 11 is 0. The zero-order chi connectivity index (χ0) is 25.6. The minimum absolute atomic E-state index is 0.0370. The quantitative estimate of drug-likeness (QED) is 0.342. The van der Waals surface area contributed by atoms with E-state index in [0.717, 1.165) is 0 Å². The molecular weight excluding hydrogens is 473 g/mol. The summed E-state index contributed by atoms with van der Waals surface area (Å²) < 4.78 is 36.5. The Labute approximate surface area is 206 Å². The minimum Gasteiger partial charge on any atom is -0.462 e. The third kappa shape index (κ3) is 7.67. The zero-order valence-electron chi connectivity index (χ0n) is 20.5. The number of amides is 1. The van der Waals surface area contributed by atoms with Crippen molar-refractivity contribution in [3.8, 4) is 5.75 Å². The normalized spacial score (nSPS) is 24.5. The molecule has 0 aromatic heterocycles. The van der Waals surface area contributed by atoms with Crippen molar-refractivity contribution in [1.82, 2.24) is 9.99 Å². The zero-order valence-corrected chi connectivity index (χ0v) is 21.4. The van der Waals surface area contributed by atoms with E-state index in [9.17, 15) is 14.2 Å². The molecule has 35 heavy (non-hydrogen) atoms. The molecule has 0 saturated carbocycles. The Morgan fingerprint density at radius 1 is 1.26 bits per heavy atom. The van der Waals surface area contributed by atoms with Gasteiger partial charge in [-0.05, 0) is 51.7 Å². The highest BCUT2D eigenvalue weighted by Crippen LogP contribution is 2.46. The maximum Gasteiger partial charge on any atom is 0.459 e. The molecular formula is C24H34N3O7P. The van der Waals surface area contributed by atoms with Gasteiger partial charge in [-0.2, -0.15) is 5.09 Å². The third-order valence-corrected chi connectivity index (χ3v) is 7.19. The number of hydrogen-bond donors (Lipinski definition) is 2. The summed E-state index contributed by atoms with van der Waals surface area (Å²) in [6, 6.07) is 7.63. The molecule has 1 amide bonds. The van der Waals surface area contributed by atoms with Crippen LogP contribution >= 0.6 is 7.75 Å². The maximum atomic E-state index is 13.6. The number of carbonyl (C=O) groups excluding carboxylic acids is 2. The van der Waals surface area contributed by atoms with Gasteiger partial charge in [-0.25, -0.2) is 4.57 Å². The first-order valence-electron chi connectivity index (χ1n) is 11.6. The summed E-state index contributed by atoms with van der Waals surface area (Å²) in [5, 5.41) is 2.68. The Balaban J connectivity index is 1.67. The second-order valence-corrected chi connectivity index (χ2v) is 10.6. The van der Waals surface area contributed by atoms with Crippen molar-refractivity contribution in [2.24, 2.45) is 11.7 Å². The Hall–Kier alpha value is -2.65. The molecule has 3 N–H and O–H groups in total. The van der Waals surface area contributed by atoms with Gasteiger partial charge >= 0.3 is 13.7 Å². The minimum atomic E-state index is -3.98. The fourth-order valence-corrected chi connectivity index (χ4v) is 5.19. The summed E-state index contributed by atoms with van der Waals surface area (Å²) in [5.41, 5.74) is 5.91. The van der Waals surface area contributed by atoms with E-state index in [-0.39, 0.29) is 24.9 Å². The second kappa shape index (κ2) is 11.9. The molecule has 1 saturated heterocycles. The maximum absolute atomic E-state index is 13.6. The fraction of sp³-hybridized carbons (Fsp3) is 0.500. The Bertz CT molecular complexity index is 998. The van der Waals surface area contributed by atoms with Crippen LogP contribution in [-0.2, 0) is 28.2 Å². The number of nitrogens with one attached hydrogen (secondary N) is 1. The molecule has 192 valence electrons. The average molecular weight is 508 g/mol. The Morgan fingerprint density at radius 3 is 2.63 bits per heavy atom. The molecule has 0 bridgehead atoms. The van der Waals surface area contributed by atoms with Crippen LogP contribution in [0, 0.1) is 5.92 Å². The Morgan fingerprint density at radius 2 is 1.97 bits per heavy atom. The third-order valence-electron chi connectivity index (χ3n) is 5.54. The number of carbonyl (C=O) groups is 2. The largest absolute Gasteiger partial charge is 0.462 e. The van der Waals surface area contributed by atoms with Crippen molar-refractivity contribution in [2.75, 3.05) is 6.61 Å². The Kier molecular flexibility index (Phi) is 9.13. The van der Waals surface area contributed by atoms with Crippen LogP contribution in [0.1, 0.15) is 40.5 Å². The monoisotopic (exact) mass is 507 g/mol. The number of benzene rings is 1. The van der Waals surface area contributed by atoms with E-state index in [1.165, 1.54) is 6.92 Å².